The highest BCUT2D eigenvalue weighted by Gasteiger charge is 2.48. The highest BCUT2D eigenvalue weighted by Crippen LogP contribution is 2.35. The Kier molecular flexibility index (Phi) is 5.40. The summed E-state index contributed by atoms with van der Waals surface area (Å²) in [7, 11) is 0. The molecular formula is C24H25F2N3O5. The molecule has 0 bridgehead atoms. The zero-order valence-corrected chi connectivity index (χ0v) is 18.6. The number of morpholine rings is 1. The number of aryl methyl sites for hydroxylation is 1. The molecule has 3 aromatic rings. The van der Waals surface area contributed by atoms with Gasteiger partial charge < -0.3 is 33.9 Å². The van der Waals surface area contributed by atoms with Crippen molar-refractivity contribution in [3.8, 4) is 17.1 Å². The molecule has 0 amide bonds. The first-order chi connectivity index (χ1) is 16.5. The second kappa shape index (κ2) is 8.46. The van der Waals surface area contributed by atoms with Crippen LogP contribution < -0.4 is 9.64 Å². The predicted octanol–water partition coefficient (Wildman–Crippen LogP) is 2.56. The monoisotopic (exact) mass is 473 g/mol. The van der Waals surface area contributed by atoms with Gasteiger partial charge in [-0.2, -0.15) is 0 Å². The van der Waals surface area contributed by atoms with Gasteiger partial charge in [0.25, 0.3) is 0 Å². The number of aliphatic hydroxyl groups excluding tert-OH is 1. The molecule has 180 valence electrons. The standard InChI is InChI=1S/C24H25F2N3O5/c1-12-21-17(28-24(12)34-19-11-33-22-18(30)10-32-23(19)22)3-2-16(27-21)20-14(25)8-13(9-15(20)26)29-4-6-31-7-5-29/h2-3,8-9,18-19,22-23,28,30H,4-7,10-11H2,1H3/t18-,19-,22-,23-/m1/s1. The van der Waals surface area contributed by atoms with E-state index in [9.17, 15) is 5.11 Å². The van der Waals surface area contributed by atoms with E-state index >= 15 is 8.78 Å². The van der Waals surface area contributed by atoms with Crippen LogP contribution in [0.4, 0.5) is 14.5 Å². The molecule has 2 N–H and O–H groups in total. The lowest BCUT2D eigenvalue weighted by atomic mass is 10.1. The third kappa shape index (κ3) is 3.61. The molecule has 34 heavy (non-hydrogen) atoms. The van der Waals surface area contributed by atoms with E-state index in [-0.39, 0.29) is 30.1 Å². The van der Waals surface area contributed by atoms with E-state index in [0.717, 1.165) is 0 Å². The van der Waals surface area contributed by atoms with Crippen LogP contribution in [0.3, 0.4) is 0 Å². The van der Waals surface area contributed by atoms with Crippen molar-refractivity contribution in [2.75, 3.05) is 44.4 Å². The Labute approximate surface area is 194 Å². The molecule has 0 aliphatic carbocycles. The fourth-order valence-corrected chi connectivity index (χ4v) is 4.93. The number of aromatic amines is 1. The molecule has 0 saturated carbocycles. The molecule has 3 aliphatic rings. The van der Waals surface area contributed by atoms with Crippen LogP contribution >= 0.6 is 0 Å². The third-order valence-corrected chi connectivity index (χ3v) is 6.75. The maximum Gasteiger partial charge on any atom is 0.196 e. The number of hydrogen-bond acceptors (Lipinski definition) is 7. The first-order valence-electron chi connectivity index (χ1n) is 11.4. The predicted molar refractivity (Wildman–Crippen MR) is 119 cm³/mol. The summed E-state index contributed by atoms with van der Waals surface area (Å²) in [6.07, 6.45) is -1.79. The van der Waals surface area contributed by atoms with Crippen molar-refractivity contribution in [2.45, 2.75) is 31.3 Å². The summed E-state index contributed by atoms with van der Waals surface area (Å²) in [6.45, 7) is 4.58. The Morgan fingerprint density at radius 2 is 1.82 bits per heavy atom. The highest BCUT2D eigenvalue weighted by molar-refractivity contribution is 5.84. The first kappa shape index (κ1) is 21.7. The number of rotatable bonds is 4. The number of nitrogens with zero attached hydrogens (tertiary/aromatic N) is 2. The molecular weight excluding hydrogens is 448 g/mol. The topological polar surface area (TPSA) is 89.1 Å². The van der Waals surface area contributed by atoms with Crippen LogP contribution in [-0.4, -0.2) is 79.0 Å². The number of hydrogen-bond donors (Lipinski definition) is 2. The molecule has 0 spiro atoms. The molecule has 2 aromatic heterocycles. The zero-order chi connectivity index (χ0) is 23.4. The Balaban J connectivity index is 1.29. The smallest absolute Gasteiger partial charge is 0.196 e. The van der Waals surface area contributed by atoms with Gasteiger partial charge >= 0.3 is 0 Å². The third-order valence-electron chi connectivity index (χ3n) is 6.75. The van der Waals surface area contributed by atoms with Gasteiger partial charge in [0.2, 0.25) is 0 Å². The Morgan fingerprint density at radius 3 is 2.59 bits per heavy atom. The largest absolute Gasteiger partial charge is 0.470 e. The number of ether oxygens (including phenoxy) is 4. The summed E-state index contributed by atoms with van der Waals surface area (Å²) in [4.78, 5) is 9.64. The van der Waals surface area contributed by atoms with E-state index in [2.05, 4.69) is 9.97 Å². The van der Waals surface area contributed by atoms with E-state index in [1.54, 1.807) is 12.1 Å². The van der Waals surface area contributed by atoms with Gasteiger partial charge in [-0.1, -0.05) is 0 Å². The van der Waals surface area contributed by atoms with Crippen LogP contribution in [0, 0.1) is 18.6 Å². The maximum absolute atomic E-state index is 15.1. The Morgan fingerprint density at radius 1 is 1.09 bits per heavy atom. The number of halogens is 2. The van der Waals surface area contributed by atoms with E-state index in [4.69, 9.17) is 18.9 Å². The minimum atomic E-state index is -0.663. The van der Waals surface area contributed by atoms with Crippen molar-refractivity contribution in [3.05, 3.63) is 41.5 Å². The van der Waals surface area contributed by atoms with Gasteiger partial charge in [-0.3, -0.25) is 0 Å². The number of fused-ring (bicyclic) bond motifs is 2. The fraction of sp³-hybridized carbons (Fsp3) is 0.458. The summed E-state index contributed by atoms with van der Waals surface area (Å²) < 4.78 is 52.8. The molecule has 0 radical (unpaired) electrons. The van der Waals surface area contributed by atoms with Gasteiger partial charge in [0.05, 0.1) is 48.7 Å². The molecule has 10 heteroatoms. The van der Waals surface area contributed by atoms with Crippen LogP contribution in [0.5, 0.6) is 5.88 Å². The first-order valence-corrected chi connectivity index (χ1v) is 11.4. The Hall–Kier alpha value is -2.79. The summed E-state index contributed by atoms with van der Waals surface area (Å²) >= 11 is 0. The van der Waals surface area contributed by atoms with Gasteiger partial charge in [0.15, 0.2) is 12.0 Å². The minimum absolute atomic E-state index is 0.164. The molecule has 4 atom stereocenters. The van der Waals surface area contributed by atoms with E-state index in [1.807, 2.05) is 11.8 Å². The summed E-state index contributed by atoms with van der Waals surface area (Å²) in [5.41, 5.74) is 2.49. The Bertz CT molecular complexity index is 1210. The molecule has 3 saturated heterocycles. The van der Waals surface area contributed by atoms with E-state index < -0.39 is 23.8 Å². The number of nitrogens with one attached hydrogen (secondary N) is 1. The van der Waals surface area contributed by atoms with Crippen molar-refractivity contribution in [3.63, 3.8) is 0 Å². The number of H-pyrrole nitrogens is 1. The molecule has 1 aromatic carbocycles. The normalized spacial score (nSPS) is 26.9. The number of anilines is 1. The molecule has 0 unspecified atom stereocenters. The van der Waals surface area contributed by atoms with Gasteiger partial charge in [0.1, 0.15) is 29.9 Å². The van der Waals surface area contributed by atoms with Crippen molar-refractivity contribution in [2.24, 2.45) is 0 Å². The lowest BCUT2D eigenvalue weighted by molar-refractivity contribution is 0.00782. The zero-order valence-electron chi connectivity index (χ0n) is 18.6. The number of aromatic nitrogens is 2. The van der Waals surface area contributed by atoms with Crippen molar-refractivity contribution in [1.82, 2.24) is 9.97 Å². The second-order valence-electron chi connectivity index (χ2n) is 8.88. The maximum atomic E-state index is 15.1. The van der Waals surface area contributed by atoms with Crippen LogP contribution in [0.15, 0.2) is 24.3 Å². The van der Waals surface area contributed by atoms with E-state index in [0.29, 0.717) is 61.1 Å². The van der Waals surface area contributed by atoms with Crippen LogP contribution in [-0.2, 0) is 14.2 Å². The van der Waals surface area contributed by atoms with Gasteiger partial charge in [0, 0.05) is 24.3 Å². The number of aliphatic hydroxyl groups is 1. The molecule has 3 fully saturated rings. The van der Waals surface area contributed by atoms with E-state index in [1.165, 1.54) is 12.1 Å². The summed E-state index contributed by atoms with van der Waals surface area (Å²) in [6, 6.07) is 6.01. The van der Waals surface area contributed by atoms with Gasteiger partial charge in [-0.05, 0) is 31.2 Å². The second-order valence-corrected chi connectivity index (χ2v) is 8.88. The van der Waals surface area contributed by atoms with Gasteiger partial charge in [-0.25, -0.2) is 13.8 Å². The lowest BCUT2D eigenvalue weighted by Crippen LogP contribution is -2.36. The highest BCUT2D eigenvalue weighted by atomic mass is 19.1. The molecule has 5 heterocycles. The average Bonchev–Trinajstić information content (AvgIpc) is 3.50. The molecule has 6 rings (SSSR count). The van der Waals surface area contributed by atoms with Crippen LogP contribution in [0.25, 0.3) is 22.3 Å². The van der Waals surface area contributed by atoms with Crippen LogP contribution in [0.2, 0.25) is 0 Å². The van der Waals surface area contributed by atoms with Crippen molar-refractivity contribution >= 4 is 16.7 Å². The SMILES string of the molecule is Cc1c(O[C@@H]2CO[C@H]3[C@@H]2OC[C@H]3O)[nH]c2ccc(-c3c(F)cc(N4CCOCC4)cc3F)nc12. The van der Waals surface area contributed by atoms with Crippen molar-refractivity contribution < 1.29 is 32.8 Å². The fourth-order valence-electron chi connectivity index (χ4n) is 4.93. The average molecular weight is 473 g/mol. The number of benzene rings is 1. The van der Waals surface area contributed by atoms with Crippen molar-refractivity contribution in [1.29, 1.82) is 0 Å². The number of pyridine rings is 1. The summed E-state index contributed by atoms with van der Waals surface area (Å²) in [5, 5.41) is 9.93. The lowest BCUT2D eigenvalue weighted by Gasteiger charge is -2.29. The quantitative estimate of drug-likeness (QED) is 0.602. The van der Waals surface area contributed by atoms with Crippen LogP contribution in [0.1, 0.15) is 5.56 Å². The molecule has 3 aliphatic heterocycles. The minimum Gasteiger partial charge on any atom is -0.470 e. The van der Waals surface area contributed by atoms with Gasteiger partial charge in [-0.15, -0.1) is 0 Å². The summed E-state index contributed by atoms with van der Waals surface area (Å²) in [5.74, 6) is -0.837. The molecule has 8 nitrogen and oxygen atoms in total.